The minimum Gasteiger partial charge on any atom is -0.311 e. The van der Waals surface area contributed by atoms with Gasteiger partial charge in [-0.05, 0) is 24.1 Å². The first-order chi connectivity index (χ1) is 10.4. The van der Waals surface area contributed by atoms with Gasteiger partial charge in [0.1, 0.15) is 4.90 Å². The van der Waals surface area contributed by atoms with E-state index in [0.717, 1.165) is 5.56 Å². The number of fused-ring (bicyclic) bond motifs is 1. The number of carbonyl (C=O) groups excluding carboxylic acids is 1. The van der Waals surface area contributed by atoms with Crippen LogP contribution in [0.3, 0.4) is 0 Å². The van der Waals surface area contributed by atoms with Gasteiger partial charge >= 0.3 is 0 Å². The average molecular weight is 402 g/mol. The Hall–Kier alpha value is -1.45. The van der Waals surface area contributed by atoms with Crippen LogP contribution in [0.15, 0.2) is 33.1 Å². The highest BCUT2D eigenvalue weighted by Gasteiger charge is 2.31. The van der Waals surface area contributed by atoms with E-state index in [-0.39, 0.29) is 10.8 Å². The lowest BCUT2D eigenvalue weighted by Gasteiger charge is -2.19. The molecule has 1 aromatic carbocycles. The summed E-state index contributed by atoms with van der Waals surface area (Å²) in [6, 6.07) is 3.36. The summed E-state index contributed by atoms with van der Waals surface area (Å²) in [5.41, 5.74) is 1.30. The first kappa shape index (κ1) is 15.4. The molecule has 22 heavy (non-hydrogen) atoms. The van der Waals surface area contributed by atoms with E-state index in [0.29, 0.717) is 28.3 Å². The van der Waals surface area contributed by atoms with Gasteiger partial charge in [0.25, 0.3) is 10.0 Å². The van der Waals surface area contributed by atoms with Crippen molar-refractivity contribution >= 4 is 54.0 Å². The molecule has 3 rings (SSSR count). The minimum atomic E-state index is -3.82. The standard InChI is InChI=1S/C13H12BrN3O3S2/c1-8(18)17-4-2-9-6-10(14)7-11(12(9)17)22(19,20)16-13-15-3-5-21-13/h3,5-7H,2,4H2,1H3,(H,15,16). The van der Waals surface area contributed by atoms with Gasteiger partial charge in [0.05, 0.1) is 5.69 Å². The van der Waals surface area contributed by atoms with E-state index in [1.165, 1.54) is 35.4 Å². The Labute approximate surface area is 140 Å². The Morgan fingerprint density at radius 1 is 1.45 bits per heavy atom. The predicted octanol–water partition coefficient (Wildman–Crippen LogP) is 2.62. The molecule has 2 heterocycles. The summed E-state index contributed by atoms with van der Waals surface area (Å²) in [4.78, 5) is 17.3. The normalized spacial score (nSPS) is 14.0. The fourth-order valence-corrected chi connectivity index (χ4v) is 5.15. The van der Waals surface area contributed by atoms with Gasteiger partial charge in [0, 0.05) is 29.5 Å². The van der Waals surface area contributed by atoms with Crippen LogP contribution in [0.2, 0.25) is 0 Å². The van der Waals surface area contributed by atoms with Gasteiger partial charge in [-0.1, -0.05) is 15.9 Å². The fraction of sp³-hybridized carbons (Fsp3) is 0.231. The van der Waals surface area contributed by atoms with Crippen molar-refractivity contribution in [3.8, 4) is 0 Å². The second-order valence-electron chi connectivity index (χ2n) is 4.78. The Bertz CT molecular complexity index is 834. The molecule has 116 valence electrons. The highest BCUT2D eigenvalue weighted by atomic mass is 79.9. The van der Waals surface area contributed by atoms with Gasteiger partial charge in [-0.25, -0.2) is 13.4 Å². The maximum absolute atomic E-state index is 12.7. The molecule has 1 aliphatic rings. The summed E-state index contributed by atoms with van der Waals surface area (Å²) in [7, 11) is -3.82. The lowest BCUT2D eigenvalue weighted by atomic mass is 10.2. The number of halogens is 1. The number of aromatic nitrogens is 1. The molecule has 0 radical (unpaired) electrons. The number of amides is 1. The second kappa shape index (κ2) is 5.64. The zero-order chi connectivity index (χ0) is 15.9. The molecule has 1 N–H and O–H groups in total. The van der Waals surface area contributed by atoms with E-state index in [9.17, 15) is 13.2 Å². The molecule has 9 heteroatoms. The van der Waals surface area contributed by atoms with Gasteiger partial charge in [-0.3, -0.25) is 9.52 Å². The third-order valence-electron chi connectivity index (χ3n) is 3.32. The SMILES string of the molecule is CC(=O)N1CCc2cc(Br)cc(S(=O)(=O)Nc3nccs3)c21. The third-order valence-corrected chi connectivity index (χ3v) is 5.94. The lowest BCUT2D eigenvalue weighted by molar-refractivity contribution is -0.116. The Morgan fingerprint density at radius 2 is 2.23 bits per heavy atom. The third kappa shape index (κ3) is 2.75. The number of nitrogens with one attached hydrogen (secondary N) is 1. The number of carbonyl (C=O) groups is 1. The second-order valence-corrected chi connectivity index (χ2v) is 8.24. The molecule has 1 amide bonds. The summed E-state index contributed by atoms with van der Waals surface area (Å²) in [6.07, 6.45) is 2.16. The summed E-state index contributed by atoms with van der Waals surface area (Å²) >= 11 is 4.53. The molecule has 1 aliphatic heterocycles. The van der Waals surface area contributed by atoms with Crippen LogP contribution in [0.4, 0.5) is 10.8 Å². The Morgan fingerprint density at radius 3 is 2.86 bits per heavy atom. The number of benzene rings is 1. The quantitative estimate of drug-likeness (QED) is 0.856. The highest BCUT2D eigenvalue weighted by Crippen LogP contribution is 2.38. The van der Waals surface area contributed by atoms with Crippen molar-refractivity contribution in [1.82, 2.24) is 4.98 Å². The summed E-state index contributed by atoms with van der Waals surface area (Å²) in [6.45, 7) is 1.92. The number of nitrogens with zero attached hydrogens (tertiary/aromatic N) is 2. The zero-order valence-electron chi connectivity index (χ0n) is 11.5. The van der Waals surface area contributed by atoms with Crippen LogP contribution in [-0.2, 0) is 21.2 Å². The van der Waals surface area contributed by atoms with Crippen LogP contribution in [0, 0.1) is 0 Å². The van der Waals surface area contributed by atoms with Gasteiger partial charge in [-0.15, -0.1) is 11.3 Å². The summed E-state index contributed by atoms with van der Waals surface area (Å²) in [5, 5.41) is 1.98. The van der Waals surface area contributed by atoms with Crippen LogP contribution >= 0.6 is 27.3 Å². The van der Waals surface area contributed by atoms with Crippen molar-refractivity contribution in [2.24, 2.45) is 0 Å². The highest BCUT2D eigenvalue weighted by molar-refractivity contribution is 9.10. The van der Waals surface area contributed by atoms with Crippen molar-refractivity contribution in [2.45, 2.75) is 18.2 Å². The first-order valence-electron chi connectivity index (χ1n) is 6.41. The molecule has 0 saturated heterocycles. The molecule has 6 nitrogen and oxygen atoms in total. The van der Waals surface area contributed by atoms with Crippen molar-refractivity contribution in [3.63, 3.8) is 0 Å². The topological polar surface area (TPSA) is 79.4 Å². The number of hydrogen-bond acceptors (Lipinski definition) is 5. The largest absolute Gasteiger partial charge is 0.311 e. The molecule has 0 spiro atoms. The van der Waals surface area contributed by atoms with Crippen molar-refractivity contribution in [3.05, 3.63) is 33.7 Å². The van der Waals surface area contributed by atoms with Crippen LogP contribution in [0.5, 0.6) is 0 Å². The van der Waals surface area contributed by atoms with Gasteiger partial charge in [0.15, 0.2) is 5.13 Å². The number of thiazole rings is 1. The lowest BCUT2D eigenvalue weighted by Crippen LogP contribution is -2.28. The monoisotopic (exact) mass is 401 g/mol. The van der Waals surface area contributed by atoms with Crippen molar-refractivity contribution in [1.29, 1.82) is 0 Å². The molecule has 0 saturated carbocycles. The van der Waals surface area contributed by atoms with E-state index < -0.39 is 10.0 Å². The number of sulfonamides is 1. The smallest absolute Gasteiger partial charge is 0.265 e. The number of anilines is 2. The summed E-state index contributed by atoms with van der Waals surface area (Å²) < 4.78 is 28.5. The Balaban J connectivity index is 2.13. The summed E-state index contributed by atoms with van der Waals surface area (Å²) in [5.74, 6) is -0.174. The maximum atomic E-state index is 12.7. The minimum absolute atomic E-state index is 0.0831. The van der Waals surface area contributed by atoms with E-state index in [1.807, 2.05) is 6.07 Å². The van der Waals surface area contributed by atoms with Gasteiger partial charge in [0.2, 0.25) is 5.91 Å². The molecular formula is C13H12BrN3O3S2. The molecule has 0 atom stereocenters. The molecule has 2 aromatic rings. The maximum Gasteiger partial charge on any atom is 0.265 e. The fourth-order valence-electron chi connectivity index (χ4n) is 2.43. The molecule has 1 aromatic heterocycles. The number of hydrogen-bond donors (Lipinski definition) is 1. The van der Waals surface area contributed by atoms with Crippen LogP contribution in [0.25, 0.3) is 0 Å². The van der Waals surface area contributed by atoms with E-state index in [1.54, 1.807) is 5.38 Å². The van der Waals surface area contributed by atoms with Gasteiger partial charge < -0.3 is 4.90 Å². The van der Waals surface area contributed by atoms with E-state index >= 15 is 0 Å². The molecule has 0 fully saturated rings. The zero-order valence-corrected chi connectivity index (χ0v) is 14.8. The van der Waals surface area contributed by atoms with Crippen LogP contribution in [0.1, 0.15) is 12.5 Å². The van der Waals surface area contributed by atoms with Crippen LogP contribution < -0.4 is 9.62 Å². The first-order valence-corrected chi connectivity index (χ1v) is 9.57. The van der Waals surface area contributed by atoms with E-state index in [4.69, 9.17) is 0 Å². The van der Waals surface area contributed by atoms with Crippen LogP contribution in [-0.4, -0.2) is 25.9 Å². The predicted molar refractivity (Wildman–Crippen MR) is 88.8 cm³/mol. The molecule has 0 aliphatic carbocycles. The average Bonchev–Trinajstić information content (AvgIpc) is 3.05. The van der Waals surface area contributed by atoms with Crippen molar-refractivity contribution < 1.29 is 13.2 Å². The van der Waals surface area contributed by atoms with E-state index in [2.05, 4.69) is 25.6 Å². The molecule has 0 unspecified atom stereocenters. The Kier molecular flexibility index (Phi) is 3.96. The molecule has 0 bridgehead atoms. The van der Waals surface area contributed by atoms with Crippen molar-refractivity contribution in [2.75, 3.05) is 16.2 Å². The number of rotatable bonds is 3. The van der Waals surface area contributed by atoms with Gasteiger partial charge in [-0.2, -0.15) is 0 Å². The molecular weight excluding hydrogens is 390 g/mol.